The van der Waals surface area contributed by atoms with Crippen LogP contribution in [0.25, 0.3) is 11.4 Å². The van der Waals surface area contributed by atoms with E-state index < -0.39 is 11.7 Å². The Labute approximate surface area is 150 Å². The summed E-state index contributed by atoms with van der Waals surface area (Å²) in [5.74, 6) is 0.206. The predicted octanol–water partition coefficient (Wildman–Crippen LogP) is 3.62. The zero-order chi connectivity index (χ0) is 18.6. The molecule has 6 nitrogen and oxygen atoms in total. The minimum Gasteiger partial charge on any atom is -0.325 e. The number of carbonyl (C=O) groups excluding carboxylic acids is 1. The summed E-state index contributed by atoms with van der Waals surface area (Å²) in [7, 11) is 0. The Morgan fingerprint density at radius 3 is 2.46 bits per heavy atom. The summed E-state index contributed by atoms with van der Waals surface area (Å²) >= 11 is 1.11. The van der Waals surface area contributed by atoms with Gasteiger partial charge in [-0.15, -0.1) is 5.10 Å². The Hall–Kier alpha value is -2.88. The second-order valence-electron chi connectivity index (χ2n) is 5.11. The van der Waals surface area contributed by atoms with Crippen LogP contribution in [-0.2, 0) is 11.0 Å². The van der Waals surface area contributed by atoms with Gasteiger partial charge in [0.2, 0.25) is 11.1 Å². The normalized spacial score (nSPS) is 11.3. The first kappa shape index (κ1) is 17.9. The number of carbonyl (C=O) groups is 1. The van der Waals surface area contributed by atoms with E-state index in [-0.39, 0.29) is 17.3 Å². The second-order valence-corrected chi connectivity index (χ2v) is 6.06. The van der Waals surface area contributed by atoms with Crippen molar-refractivity contribution in [3.05, 3.63) is 54.4 Å². The summed E-state index contributed by atoms with van der Waals surface area (Å²) in [6.45, 7) is 0. The van der Waals surface area contributed by atoms with Gasteiger partial charge in [0, 0.05) is 23.6 Å². The molecular formula is C16H12F3N5OS. The lowest BCUT2D eigenvalue weighted by Crippen LogP contribution is -2.14. The number of anilines is 1. The summed E-state index contributed by atoms with van der Waals surface area (Å²) in [5.41, 5.74) is 0.332. The Kier molecular flexibility index (Phi) is 5.21. The van der Waals surface area contributed by atoms with Crippen LogP contribution in [0.1, 0.15) is 5.56 Å². The SMILES string of the molecule is O=C(CSc1n[nH]c(-c2ccncc2)n1)Nc1ccc(C(F)(F)F)cc1. The van der Waals surface area contributed by atoms with Crippen molar-refractivity contribution >= 4 is 23.4 Å². The summed E-state index contributed by atoms with van der Waals surface area (Å²) in [5, 5.41) is 9.70. The van der Waals surface area contributed by atoms with Crippen LogP contribution in [0.3, 0.4) is 0 Å². The van der Waals surface area contributed by atoms with Gasteiger partial charge in [-0.2, -0.15) is 13.2 Å². The minimum absolute atomic E-state index is 0.0225. The number of alkyl halides is 3. The Morgan fingerprint density at radius 2 is 1.81 bits per heavy atom. The van der Waals surface area contributed by atoms with Gasteiger partial charge < -0.3 is 5.32 Å². The van der Waals surface area contributed by atoms with E-state index >= 15 is 0 Å². The van der Waals surface area contributed by atoms with E-state index in [1.54, 1.807) is 24.5 Å². The van der Waals surface area contributed by atoms with Gasteiger partial charge in [-0.05, 0) is 36.4 Å². The lowest BCUT2D eigenvalue weighted by atomic mass is 10.2. The number of amides is 1. The van der Waals surface area contributed by atoms with E-state index in [9.17, 15) is 18.0 Å². The molecule has 2 heterocycles. The average molecular weight is 379 g/mol. The van der Waals surface area contributed by atoms with Crippen molar-refractivity contribution in [2.75, 3.05) is 11.1 Å². The predicted molar refractivity (Wildman–Crippen MR) is 90.4 cm³/mol. The largest absolute Gasteiger partial charge is 0.416 e. The molecule has 2 aromatic heterocycles. The van der Waals surface area contributed by atoms with Gasteiger partial charge in [0.1, 0.15) is 0 Å². The van der Waals surface area contributed by atoms with Crippen LogP contribution in [0.4, 0.5) is 18.9 Å². The van der Waals surface area contributed by atoms with Crippen LogP contribution < -0.4 is 5.32 Å². The van der Waals surface area contributed by atoms with Crippen LogP contribution in [0, 0.1) is 0 Å². The molecule has 0 aliphatic heterocycles. The molecule has 3 aromatic rings. The number of H-pyrrole nitrogens is 1. The zero-order valence-corrected chi connectivity index (χ0v) is 13.9. The van der Waals surface area contributed by atoms with Crippen molar-refractivity contribution in [1.82, 2.24) is 20.2 Å². The number of nitrogens with zero attached hydrogens (tertiary/aromatic N) is 3. The summed E-state index contributed by atoms with van der Waals surface area (Å²) in [4.78, 5) is 20.1. The van der Waals surface area contributed by atoms with Gasteiger partial charge in [-0.25, -0.2) is 4.98 Å². The van der Waals surface area contributed by atoms with Gasteiger partial charge in [0.05, 0.1) is 11.3 Å². The van der Waals surface area contributed by atoms with Gasteiger partial charge >= 0.3 is 6.18 Å². The Balaban J connectivity index is 1.54. The Bertz CT molecular complexity index is 881. The fourth-order valence-electron chi connectivity index (χ4n) is 2.02. The molecule has 0 atom stereocenters. The lowest BCUT2D eigenvalue weighted by molar-refractivity contribution is -0.137. The number of rotatable bonds is 5. The highest BCUT2D eigenvalue weighted by Crippen LogP contribution is 2.29. The molecule has 0 unspecified atom stereocenters. The van der Waals surface area contributed by atoms with Crippen molar-refractivity contribution in [2.24, 2.45) is 0 Å². The third-order valence-electron chi connectivity index (χ3n) is 3.25. The number of aromatic amines is 1. The summed E-state index contributed by atoms with van der Waals surface area (Å²) in [6, 6.07) is 7.79. The third-order valence-corrected chi connectivity index (χ3v) is 4.09. The highest BCUT2D eigenvalue weighted by Gasteiger charge is 2.29. The van der Waals surface area contributed by atoms with Gasteiger partial charge in [-0.1, -0.05) is 11.8 Å². The number of hydrogen-bond acceptors (Lipinski definition) is 5. The van der Waals surface area contributed by atoms with Crippen LogP contribution in [0.2, 0.25) is 0 Å². The maximum Gasteiger partial charge on any atom is 0.416 e. The maximum atomic E-state index is 12.5. The number of hydrogen-bond donors (Lipinski definition) is 2. The zero-order valence-electron chi connectivity index (χ0n) is 13.1. The summed E-state index contributed by atoms with van der Waals surface area (Å²) < 4.78 is 37.5. The molecule has 10 heteroatoms. The van der Waals surface area contributed by atoms with E-state index in [1.165, 1.54) is 12.1 Å². The average Bonchev–Trinajstić information content (AvgIpc) is 3.09. The molecule has 0 radical (unpaired) electrons. The molecule has 134 valence electrons. The van der Waals surface area contributed by atoms with Gasteiger partial charge in [0.15, 0.2) is 5.82 Å². The van der Waals surface area contributed by atoms with E-state index in [2.05, 4.69) is 25.5 Å². The first-order chi connectivity index (χ1) is 12.4. The molecule has 0 bridgehead atoms. The first-order valence-electron chi connectivity index (χ1n) is 7.34. The number of benzene rings is 1. The molecule has 0 saturated heterocycles. The number of aromatic nitrogens is 4. The molecule has 3 rings (SSSR count). The molecule has 0 aliphatic rings. The molecule has 0 aliphatic carbocycles. The van der Waals surface area contributed by atoms with E-state index in [4.69, 9.17) is 0 Å². The molecule has 0 saturated carbocycles. The van der Waals surface area contributed by atoms with Crippen LogP contribution in [0.5, 0.6) is 0 Å². The molecule has 1 aromatic carbocycles. The highest BCUT2D eigenvalue weighted by molar-refractivity contribution is 7.99. The van der Waals surface area contributed by atoms with Crippen LogP contribution >= 0.6 is 11.8 Å². The quantitative estimate of drug-likeness (QED) is 0.662. The van der Waals surface area contributed by atoms with Crippen molar-refractivity contribution in [1.29, 1.82) is 0 Å². The van der Waals surface area contributed by atoms with Crippen molar-refractivity contribution in [3.8, 4) is 11.4 Å². The standard InChI is InChI=1S/C16H12F3N5OS/c17-16(18,19)11-1-3-12(4-2-11)21-13(25)9-26-15-22-14(23-24-15)10-5-7-20-8-6-10/h1-8H,9H2,(H,21,25)(H,22,23,24). The van der Waals surface area contributed by atoms with Crippen molar-refractivity contribution in [2.45, 2.75) is 11.3 Å². The van der Waals surface area contributed by atoms with Gasteiger partial charge in [0.25, 0.3) is 0 Å². The number of halogens is 3. The van der Waals surface area contributed by atoms with Gasteiger partial charge in [-0.3, -0.25) is 14.9 Å². The van der Waals surface area contributed by atoms with Crippen LogP contribution in [-0.4, -0.2) is 31.8 Å². The third kappa shape index (κ3) is 4.60. The smallest absolute Gasteiger partial charge is 0.325 e. The number of pyridine rings is 1. The summed E-state index contributed by atoms with van der Waals surface area (Å²) in [6.07, 6.45) is -1.15. The topological polar surface area (TPSA) is 83.6 Å². The van der Waals surface area contributed by atoms with Crippen LogP contribution in [0.15, 0.2) is 53.9 Å². The maximum absolute atomic E-state index is 12.5. The molecule has 1 amide bonds. The fourth-order valence-corrected chi connectivity index (χ4v) is 2.62. The molecule has 0 spiro atoms. The Morgan fingerprint density at radius 1 is 1.12 bits per heavy atom. The monoisotopic (exact) mass is 379 g/mol. The lowest BCUT2D eigenvalue weighted by Gasteiger charge is -2.08. The molecule has 0 fully saturated rings. The van der Waals surface area contributed by atoms with E-state index in [1.807, 2.05) is 0 Å². The first-order valence-corrected chi connectivity index (χ1v) is 8.33. The molecule has 2 N–H and O–H groups in total. The fraction of sp³-hybridized carbons (Fsp3) is 0.125. The van der Waals surface area contributed by atoms with E-state index in [0.29, 0.717) is 11.0 Å². The highest BCUT2D eigenvalue weighted by atomic mass is 32.2. The number of thioether (sulfide) groups is 1. The molecular weight excluding hydrogens is 367 g/mol. The minimum atomic E-state index is -4.41. The van der Waals surface area contributed by atoms with E-state index in [0.717, 1.165) is 29.5 Å². The van der Waals surface area contributed by atoms with Crippen molar-refractivity contribution in [3.63, 3.8) is 0 Å². The number of nitrogens with one attached hydrogen (secondary N) is 2. The van der Waals surface area contributed by atoms with Crippen molar-refractivity contribution < 1.29 is 18.0 Å². The second kappa shape index (κ2) is 7.56. The molecule has 26 heavy (non-hydrogen) atoms.